The van der Waals surface area contributed by atoms with Gasteiger partial charge in [0, 0.05) is 24.9 Å². The van der Waals surface area contributed by atoms with Crippen LogP contribution in [-0.2, 0) is 6.42 Å². The highest BCUT2D eigenvalue weighted by Crippen LogP contribution is 2.22. The monoisotopic (exact) mass is 255 g/mol. The van der Waals surface area contributed by atoms with Crippen molar-refractivity contribution in [1.82, 2.24) is 9.99 Å². The zero-order valence-corrected chi connectivity index (χ0v) is 10.0. The van der Waals surface area contributed by atoms with Crippen LogP contribution in [0.3, 0.4) is 0 Å². The third kappa shape index (κ3) is 3.00. The van der Waals surface area contributed by atoms with Gasteiger partial charge in [0.1, 0.15) is 0 Å². The van der Waals surface area contributed by atoms with Gasteiger partial charge in [-0.3, -0.25) is 5.01 Å². The largest absolute Gasteiger partial charge is 0.476 e. The topological polar surface area (TPSA) is 82.9 Å². The van der Waals surface area contributed by atoms with E-state index in [9.17, 15) is 9.70 Å². The molecule has 0 aromatic carbocycles. The van der Waals surface area contributed by atoms with Gasteiger partial charge in [-0.15, -0.1) is 16.2 Å². The van der Waals surface area contributed by atoms with Crippen molar-refractivity contribution in [3.05, 3.63) is 21.0 Å². The van der Waals surface area contributed by atoms with E-state index in [1.165, 1.54) is 16.3 Å². The van der Waals surface area contributed by atoms with E-state index in [1.54, 1.807) is 5.38 Å². The minimum atomic E-state index is -0.993. The van der Waals surface area contributed by atoms with Crippen molar-refractivity contribution in [1.29, 1.82) is 0 Å². The molecule has 7 heteroatoms. The van der Waals surface area contributed by atoms with Crippen LogP contribution in [0.5, 0.6) is 0 Å². The molecule has 1 N–H and O–H groups in total. The van der Waals surface area contributed by atoms with Crippen molar-refractivity contribution in [2.75, 3.05) is 13.1 Å². The predicted molar refractivity (Wildman–Crippen MR) is 62.9 cm³/mol. The summed E-state index contributed by atoms with van der Waals surface area (Å²) in [5.74, 6) is -0.651. The number of nitroso groups, excluding NO2 is 1. The van der Waals surface area contributed by atoms with Gasteiger partial charge in [0.25, 0.3) is 0 Å². The van der Waals surface area contributed by atoms with Gasteiger partial charge in [0.05, 0.1) is 10.3 Å². The fourth-order valence-corrected chi connectivity index (χ4v) is 2.92. The Bertz CT molecular complexity index is 421. The third-order valence-corrected chi connectivity index (χ3v) is 3.72. The Morgan fingerprint density at radius 2 is 2.53 bits per heavy atom. The number of hydrogen-bond acceptors (Lipinski definition) is 5. The minimum absolute atomic E-state index is 0.103. The highest BCUT2D eigenvalue weighted by atomic mass is 32.1. The van der Waals surface area contributed by atoms with Gasteiger partial charge in [0.2, 0.25) is 0 Å². The van der Waals surface area contributed by atoms with E-state index in [1.807, 2.05) is 0 Å². The zero-order valence-electron chi connectivity index (χ0n) is 9.20. The Balaban J connectivity index is 1.95. The van der Waals surface area contributed by atoms with Gasteiger partial charge in [-0.25, -0.2) is 9.78 Å². The molecule has 0 aliphatic carbocycles. The maximum absolute atomic E-state index is 10.7. The van der Waals surface area contributed by atoms with Gasteiger partial charge in [-0.1, -0.05) is 0 Å². The molecule has 6 nitrogen and oxygen atoms in total. The van der Waals surface area contributed by atoms with Crippen LogP contribution in [0.4, 0.5) is 0 Å². The van der Waals surface area contributed by atoms with Crippen molar-refractivity contribution >= 4 is 17.3 Å². The molecule has 2 rings (SSSR count). The molecule has 2 heterocycles. The molecule has 0 spiro atoms. The minimum Gasteiger partial charge on any atom is -0.476 e. The van der Waals surface area contributed by atoms with Crippen LogP contribution in [0, 0.1) is 10.8 Å². The smallest absolute Gasteiger partial charge is 0.355 e. The molecule has 0 amide bonds. The second-order valence-corrected chi connectivity index (χ2v) is 5.08. The van der Waals surface area contributed by atoms with Crippen molar-refractivity contribution in [3.8, 4) is 0 Å². The van der Waals surface area contributed by atoms with Crippen molar-refractivity contribution in [2.24, 2.45) is 11.2 Å². The van der Waals surface area contributed by atoms with Gasteiger partial charge in [-0.2, -0.15) is 0 Å². The van der Waals surface area contributed by atoms with Crippen molar-refractivity contribution in [2.45, 2.75) is 19.3 Å². The van der Waals surface area contributed by atoms with Crippen LogP contribution >= 0.6 is 11.3 Å². The molecule has 17 heavy (non-hydrogen) atoms. The lowest BCUT2D eigenvalue weighted by atomic mass is 9.96. The Hall–Kier alpha value is -1.50. The Morgan fingerprint density at radius 1 is 1.71 bits per heavy atom. The number of hydrogen-bond donors (Lipinski definition) is 1. The number of thiazole rings is 1. The van der Waals surface area contributed by atoms with E-state index >= 15 is 0 Å². The van der Waals surface area contributed by atoms with Crippen LogP contribution < -0.4 is 0 Å². The molecule has 92 valence electrons. The van der Waals surface area contributed by atoms with E-state index < -0.39 is 5.97 Å². The number of carbonyl (C=O) groups is 1. The summed E-state index contributed by atoms with van der Waals surface area (Å²) in [6, 6.07) is 0. The summed E-state index contributed by atoms with van der Waals surface area (Å²) in [7, 11) is 0. The summed E-state index contributed by atoms with van der Waals surface area (Å²) in [5.41, 5.74) is 0.103. The molecule has 1 aliphatic rings. The molecule has 1 aromatic rings. The summed E-state index contributed by atoms with van der Waals surface area (Å²) in [5, 5.41) is 15.6. The normalized spacial score (nSPS) is 20.2. The molecule has 1 fully saturated rings. The van der Waals surface area contributed by atoms with E-state index in [0.717, 1.165) is 30.8 Å². The number of nitrogens with zero attached hydrogens (tertiary/aromatic N) is 3. The predicted octanol–water partition coefficient (Wildman–Crippen LogP) is 1.78. The van der Waals surface area contributed by atoms with Gasteiger partial charge >= 0.3 is 5.97 Å². The van der Waals surface area contributed by atoms with Gasteiger partial charge < -0.3 is 5.11 Å². The maximum Gasteiger partial charge on any atom is 0.355 e. The molecule has 1 aliphatic heterocycles. The van der Waals surface area contributed by atoms with Crippen molar-refractivity contribution < 1.29 is 9.90 Å². The summed E-state index contributed by atoms with van der Waals surface area (Å²) < 4.78 is 0. The van der Waals surface area contributed by atoms with E-state index in [4.69, 9.17) is 5.11 Å². The lowest BCUT2D eigenvalue weighted by Crippen LogP contribution is -2.32. The molecule has 0 radical (unpaired) electrons. The summed E-state index contributed by atoms with van der Waals surface area (Å²) in [6.45, 7) is 1.36. The maximum atomic E-state index is 10.7. The fraction of sp³-hybridized carbons (Fsp3) is 0.600. The second-order valence-electron chi connectivity index (χ2n) is 4.14. The van der Waals surface area contributed by atoms with E-state index in [2.05, 4.69) is 10.3 Å². The zero-order chi connectivity index (χ0) is 12.3. The van der Waals surface area contributed by atoms with Gasteiger partial charge in [-0.05, 0) is 18.8 Å². The molecule has 0 bridgehead atoms. The molecule has 1 atom stereocenters. The quantitative estimate of drug-likeness (QED) is 0.829. The third-order valence-electron chi connectivity index (χ3n) is 2.85. The molecule has 0 saturated carbocycles. The number of rotatable bonds is 4. The van der Waals surface area contributed by atoms with E-state index in [0.29, 0.717) is 12.5 Å². The molecule has 1 aromatic heterocycles. The number of aromatic carboxylic acids is 1. The van der Waals surface area contributed by atoms with Crippen molar-refractivity contribution in [3.63, 3.8) is 0 Å². The fourth-order valence-electron chi connectivity index (χ4n) is 2.03. The lowest BCUT2D eigenvalue weighted by molar-refractivity contribution is 0.0691. The first-order valence-electron chi connectivity index (χ1n) is 5.45. The summed E-state index contributed by atoms with van der Waals surface area (Å²) >= 11 is 1.36. The Kier molecular flexibility index (Phi) is 3.68. The first-order chi connectivity index (χ1) is 8.19. The SMILES string of the molecule is O=NN1CCCC(Cc2nc(C(=O)O)cs2)C1. The number of aromatic nitrogens is 1. The number of carboxylic acids is 1. The standard InChI is InChI=1S/C10H13N3O3S/c14-10(15)8-6-17-9(11-8)4-7-2-1-3-13(5-7)12-16/h6-7H,1-5H2,(H,14,15). The summed E-state index contributed by atoms with van der Waals surface area (Å²) in [4.78, 5) is 25.2. The van der Waals surface area contributed by atoms with Crippen LogP contribution in [0.1, 0.15) is 28.3 Å². The molecule has 1 unspecified atom stereocenters. The number of piperidine rings is 1. The molecular weight excluding hydrogens is 242 g/mol. The highest BCUT2D eigenvalue weighted by molar-refractivity contribution is 7.09. The first kappa shape index (κ1) is 12.0. The van der Waals surface area contributed by atoms with Crippen LogP contribution in [0.25, 0.3) is 0 Å². The first-order valence-corrected chi connectivity index (χ1v) is 6.33. The van der Waals surface area contributed by atoms with Gasteiger partial charge in [0.15, 0.2) is 5.69 Å². The number of carboxylic acid groups (broad SMARTS) is 1. The second kappa shape index (κ2) is 5.22. The Labute approximate surface area is 102 Å². The average molecular weight is 255 g/mol. The molecular formula is C10H13N3O3S. The van der Waals surface area contributed by atoms with Crippen LogP contribution in [0.15, 0.2) is 10.7 Å². The Morgan fingerprint density at radius 3 is 3.18 bits per heavy atom. The lowest BCUT2D eigenvalue weighted by Gasteiger charge is -2.27. The molecule has 1 saturated heterocycles. The highest BCUT2D eigenvalue weighted by Gasteiger charge is 2.21. The van der Waals surface area contributed by atoms with Crippen LogP contribution in [0.2, 0.25) is 0 Å². The van der Waals surface area contributed by atoms with Crippen LogP contribution in [-0.4, -0.2) is 34.2 Å². The van der Waals surface area contributed by atoms with E-state index in [-0.39, 0.29) is 5.69 Å². The summed E-state index contributed by atoms with van der Waals surface area (Å²) in [6.07, 6.45) is 2.71. The average Bonchev–Trinajstić information content (AvgIpc) is 2.78.